The SMILES string of the molecule is CC(O)(CNC(=O)C1CCCOC1)c1ccsc1. The summed E-state index contributed by atoms with van der Waals surface area (Å²) in [5.74, 6) is -0.0952. The van der Waals surface area contributed by atoms with Gasteiger partial charge in [-0.15, -0.1) is 0 Å². The number of ether oxygens (including phenoxy) is 1. The Morgan fingerprint density at radius 2 is 2.56 bits per heavy atom. The van der Waals surface area contributed by atoms with Gasteiger partial charge in [0, 0.05) is 6.61 Å². The molecule has 1 aliphatic rings. The molecule has 2 rings (SSSR count). The van der Waals surface area contributed by atoms with E-state index in [4.69, 9.17) is 4.74 Å². The summed E-state index contributed by atoms with van der Waals surface area (Å²) in [6, 6.07) is 1.88. The molecule has 0 aliphatic carbocycles. The summed E-state index contributed by atoms with van der Waals surface area (Å²) in [5.41, 5.74) is -0.168. The van der Waals surface area contributed by atoms with Gasteiger partial charge in [0.05, 0.1) is 19.1 Å². The minimum Gasteiger partial charge on any atom is -0.384 e. The zero-order chi connectivity index (χ0) is 13.0. The molecule has 0 radical (unpaired) electrons. The van der Waals surface area contributed by atoms with E-state index in [1.165, 1.54) is 11.3 Å². The number of thiophene rings is 1. The first kappa shape index (κ1) is 13.5. The summed E-state index contributed by atoms with van der Waals surface area (Å²) in [6.07, 6.45) is 1.80. The zero-order valence-electron chi connectivity index (χ0n) is 10.5. The van der Waals surface area contributed by atoms with Gasteiger partial charge in [-0.3, -0.25) is 4.79 Å². The van der Waals surface area contributed by atoms with Crippen molar-refractivity contribution in [2.24, 2.45) is 5.92 Å². The molecule has 2 N–H and O–H groups in total. The monoisotopic (exact) mass is 269 g/mol. The van der Waals surface area contributed by atoms with Crippen LogP contribution >= 0.6 is 11.3 Å². The third kappa shape index (κ3) is 3.31. The highest BCUT2D eigenvalue weighted by Gasteiger charge is 2.27. The van der Waals surface area contributed by atoms with Crippen molar-refractivity contribution < 1.29 is 14.6 Å². The highest BCUT2D eigenvalue weighted by molar-refractivity contribution is 7.08. The second-order valence-corrected chi connectivity index (χ2v) is 5.70. The first-order chi connectivity index (χ1) is 8.59. The molecule has 1 fully saturated rings. The van der Waals surface area contributed by atoms with E-state index in [0.717, 1.165) is 25.0 Å². The molecular weight excluding hydrogens is 250 g/mol. The van der Waals surface area contributed by atoms with Gasteiger partial charge in [-0.05, 0) is 42.2 Å². The predicted octanol–water partition coefficient (Wildman–Crippen LogP) is 1.50. The molecule has 0 aromatic carbocycles. The topological polar surface area (TPSA) is 58.6 Å². The molecule has 1 aromatic rings. The van der Waals surface area contributed by atoms with Crippen LogP contribution in [0.2, 0.25) is 0 Å². The van der Waals surface area contributed by atoms with Crippen LogP contribution < -0.4 is 5.32 Å². The molecular formula is C13H19NO3S. The van der Waals surface area contributed by atoms with Crippen molar-refractivity contribution >= 4 is 17.2 Å². The fourth-order valence-corrected chi connectivity index (χ4v) is 2.81. The second-order valence-electron chi connectivity index (χ2n) is 4.92. The number of nitrogens with one attached hydrogen (secondary N) is 1. The van der Waals surface area contributed by atoms with Gasteiger partial charge in [0.25, 0.3) is 0 Å². The maximum atomic E-state index is 11.9. The molecule has 5 heteroatoms. The van der Waals surface area contributed by atoms with E-state index >= 15 is 0 Å². The number of hydrogen-bond acceptors (Lipinski definition) is 4. The van der Waals surface area contributed by atoms with Crippen LogP contribution in [0.5, 0.6) is 0 Å². The van der Waals surface area contributed by atoms with Gasteiger partial charge in [0.1, 0.15) is 5.60 Å². The van der Waals surface area contributed by atoms with Crippen LogP contribution in [0.4, 0.5) is 0 Å². The third-order valence-electron chi connectivity index (χ3n) is 3.28. The Morgan fingerprint density at radius 3 is 3.17 bits per heavy atom. The highest BCUT2D eigenvalue weighted by atomic mass is 32.1. The smallest absolute Gasteiger partial charge is 0.225 e. The highest BCUT2D eigenvalue weighted by Crippen LogP contribution is 2.22. The maximum absolute atomic E-state index is 11.9. The van der Waals surface area contributed by atoms with Gasteiger partial charge in [-0.1, -0.05) is 0 Å². The normalized spacial score (nSPS) is 23.3. The Bertz CT molecular complexity index is 383. The van der Waals surface area contributed by atoms with Crippen LogP contribution in [-0.4, -0.2) is 30.8 Å². The molecule has 0 spiro atoms. The molecule has 4 nitrogen and oxygen atoms in total. The van der Waals surface area contributed by atoms with E-state index in [1.807, 2.05) is 16.8 Å². The molecule has 2 atom stereocenters. The van der Waals surface area contributed by atoms with Gasteiger partial charge >= 0.3 is 0 Å². The lowest BCUT2D eigenvalue weighted by molar-refractivity contribution is -0.130. The number of carbonyl (C=O) groups is 1. The fourth-order valence-electron chi connectivity index (χ4n) is 2.02. The molecule has 2 unspecified atom stereocenters. The molecule has 2 heterocycles. The van der Waals surface area contributed by atoms with Gasteiger partial charge in [-0.2, -0.15) is 11.3 Å². The number of carbonyl (C=O) groups excluding carboxylic acids is 1. The number of hydrogen-bond donors (Lipinski definition) is 2. The second kappa shape index (κ2) is 5.82. The first-order valence-corrected chi connectivity index (χ1v) is 7.14. The van der Waals surface area contributed by atoms with Gasteiger partial charge in [-0.25, -0.2) is 0 Å². The number of rotatable bonds is 4. The average Bonchev–Trinajstić information content (AvgIpc) is 2.92. The molecule has 1 amide bonds. The van der Waals surface area contributed by atoms with Crippen molar-refractivity contribution in [3.05, 3.63) is 22.4 Å². The van der Waals surface area contributed by atoms with E-state index in [1.54, 1.807) is 6.92 Å². The standard InChI is InChI=1S/C13H19NO3S/c1-13(16,11-4-6-18-8-11)9-14-12(15)10-3-2-5-17-7-10/h4,6,8,10,16H,2-3,5,7,9H2,1H3,(H,14,15). The number of amides is 1. The molecule has 1 aromatic heterocycles. The van der Waals surface area contributed by atoms with Crippen molar-refractivity contribution in [2.45, 2.75) is 25.4 Å². The van der Waals surface area contributed by atoms with Crippen LogP contribution in [0.25, 0.3) is 0 Å². The minimum atomic E-state index is -1.01. The van der Waals surface area contributed by atoms with E-state index in [9.17, 15) is 9.90 Å². The summed E-state index contributed by atoms with van der Waals surface area (Å²) in [5, 5.41) is 16.9. The predicted molar refractivity (Wildman–Crippen MR) is 70.4 cm³/mol. The molecule has 100 valence electrons. The van der Waals surface area contributed by atoms with Gasteiger partial charge in [0.15, 0.2) is 0 Å². The van der Waals surface area contributed by atoms with Crippen molar-refractivity contribution in [2.75, 3.05) is 19.8 Å². The Morgan fingerprint density at radius 1 is 1.72 bits per heavy atom. The Hall–Kier alpha value is -0.910. The van der Waals surface area contributed by atoms with Crippen molar-refractivity contribution in [3.63, 3.8) is 0 Å². The summed E-state index contributed by atoms with van der Waals surface area (Å²) >= 11 is 1.54. The van der Waals surface area contributed by atoms with Crippen LogP contribution in [0.15, 0.2) is 16.8 Å². The van der Waals surface area contributed by atoms with Crippen LogP contribution in [0.3, 0.4) is 0 Å². The van der Waals surface area contributed by atoms with Crippen molar-refractivity contribution in [1.82, 2.24) is 5.32 Å². The summed E-state index contributed by atoms with van der Waals surface area (Å²) < 4.78 is 5.29. The van der Waals surface area contributed by atoms with Gasteiger partial charge in [0.2, 0.25) is 5.91 Å². The van der Waals surface area contributed by atoms with E-state index in [2.05, 4.69) is 5.32 Å². The maximum Gasteiger partial charge on any atom is 0.225 e. The molecule has 0 saturated carbocycles. The molecule has 1 aliphatic heterocycles. The minimum absolute atomic E-state index is 0.0230. The molecule has 18 heavy (non-hydrogen) atoms. The Balaban J connectivity index is 1.85. The number of aliphatic hydroxyl groups is 1. The Labute approximate surface area is 111 Å². The van der Waals surface area contributed by atoms with Crippen molar-refractivity contribution in [1.29, 1.82) is 0 Å². The fraction of sp³-hybridized carbons (Fsp3) is 0.615. The van der Waals surface area contributed by atoms with E-state index in [0.29, 0.717) is 6.61 Å². The van der Waals surface area contributed by atoms with Gasteiger partial charge < -0.3 is 15.2 Å². The largest absolute Gasteiger partial charge is 0.384 e. The van der Waals surface area contributed by atoms with Crippen LogP contribution in [0.1, 0.15) is 25.3 Å². The van der Waals surface area contributed by atoms with Crippen LogP contribution in [0, 0.1) is 5.92 Å². The Kier molecular flexibility index (Phi) is 4.37. The lowest BCUT2D eigenvalue weighted by Gasteiger charge is -2.26. The summed E-state index contributed by atoms with van der Waals surface area (Å²) in [6.45, 7) is 3.19. The quantitative estimate of drug-likeness (QED) is 0.871. The van der Waals surface area contributed by atoms with Crippen LogP contribution in [-0.2, 0) is 15.1 Å². The van der Waals surface area contributed by atoms with E-state index < -0.39 is 5.60 Å². The lowest BCUT2D eigenvalue weighted by Crippen LogP contribution is -2.42. The lowest BCUT2D eigenvalue weighted by atomic mass is 9.97. The summed E-state index contributed by atoms with van der Waals surface area (Å²) in [4.78, 5) is 11.9. The summed E-state index contributed by atoms with van der Waals surface area (Å²) in [7, 11) is 0. The van der Waals surface area contributed by atoms with E-state index in [-0.39, 0.29) is 18.4 Å². The van der Waals surface area contributed by atoms with Crippen molar-refractivity contribution in [3.8, 4) is 0 Å². The molecule has 1 saturated heterocycles. The third-order valence-corrected chi connectivity index (χ3v) is 3.96. The molecule has 0 bridgehead atoms. The average molecular weight is 269 g/mol. The first-order valence-electron chi connectivity index (χ1n) is 6.20. The zero-order valence-corrected chi connectivity index (χ0v) is 11.3.